The standard InChI is InChI=1S/C68H133NO5/c1-3-5-7-9-11-13-15-17-19-21-22-26-29-32-36-40-44-48-52-56-60-66(71)65(64-70)69-67(72)61-57-53-49-45-41-37-33-30-27-24-23-25-28-31-35-39-43-47-51-55-59-63-74-68(73)62-58-54-50-46-42-38-34-20-18-16-14-12-10-8-6-4-2/h20,34,65-66,70-71H,3-19,21-33,35-64H2,1-2H3,(H,69,72)/b34-20-. The van der Waals surface area contributed by atoms with Crippen molar-refractivity contribution in [2.75, 3.05) is 13.2 Å². The number of hydrogen-bond donors (Lipinski definition) is 3. The summed E-state index contributed by atoms with van der Waals surface area (Å²) in [6.45, 7) is 4.98. The monoisotopic (exact) mass is 1040 g/mol. The number of hydrogen-bond acceptors (Lipinski definition) is 5. The Balaban J connectivity index is 3.38. The summed E-state index contributed by atoms with van der Waals surface area (Å²) >= 11 is 0. The molecule has 0 heterocycles. The summed E-state index contributed by atoms with van der Waals surface area (Å²) < 4.78 is 5.49. The second-order valence-corrected chi connectivity index (χ2v) is 23.5. The molecule has 0 radical (unpaired) electrons. The third kappa shape index (κ3) is 59.8. The molecule has 74 heavy (non-hydrogen) atoms. The first-order valence-electron chi connectivity index (χ1n) is 33.9. The van der Waals surface area contributed by atoms with Crippen molar-refractivity contribution in [3.63, 3.8) is 0 Å². The molecule has 6 nitrogen and oxygen atoms in total. The molecule has 440 valence electrons. The maximum Gasteiger partial charge on any atom is 0.305 e. The minimum Gasteiger partial charge on any atom is -0.466 e. The number of esters is 1. The van der Waals surface area contributed by atoms with Gasteiger partial charge in [-0.15, -0.1) is 0 Å². The number of amides is 1. The van der Waals surface area contributed by atoms with Crippen LogP contribution in [0.1, 0.15) is 386 Å². The number of carbonyl (C=O) groups is 2. The third-order valence-electron chi connectivity index (χ3n) is 16.1. The molecule has 1 amide bonds. The van der Waals surface area contributed by atoms with Gasteiger partial charge in [0, 0.05) is 12.8 Å². The summed E-state index contributed by atoms with van der Waals surface area (Å²) in [4.78, 5) is 24.6. The second kappa shape index (κ2) is 64.1. The van der Waals surface area contributed by atoms with Crippen LogP contribution in [0.5, 0.6) is 0 Å². The highest BCUT2D eigenvalue weighted by Crippen LogP contribution is 2.19. The number of allylic oxidation sites excluding steroid dienone is 2. The summed E-state index contributed by atoms with van der Waals surface area (Å²) in [5, 5.41) is 23.4. The van der Waals surface area contributed by atoms with Gasteiger partial charge in [0.15, 0.2) is 0 Å². The Hall–Kier alpha value is -1.40. The Labute approximate surface area is 463 Å². The van der Waals surface area contributed by atoms with Crippen LogP contribution in [-0.4, -0.2) is 47.4 Å². The van der Waals surface area contributed by atoms with E-state index in [1.54, 1.807) is 0 Å². The van der Waals surface area contributed by atoms with Crippen LogP contribution < -0.4 is 5.32 Å². The lowest BCUT2D eigenvalue weighted by Crippen LogP contribution is -2.45. The van der Waals surface area contributed by atoms with Crippen LogP contribution in [0.3, 0.4) is 0 Å². The van der Waals surface area contributed by atoms with Gasteiger partial charge < -0.3 is 20.3 Å². The molecule has 0 aliphatic carbocycles. The SMILES string of the molecule is CCCCCCCCC/C=C\CCCCCCCC(=O)OCCCCCCCCCCCCCCCCCCCCCCCC(=O)NC(CO)C(O)CCCCCCCCCCCCCCCCCCCCCC. The van der Waals surface area contributed by atoms with Gasteiger partial charge in [-0.3, -0.25) is 9.59 Å². The van der Waals surface area contributed by atoms with Gasteiger partial charge >= 0.3 is 5.97 Å². The molecule has 0 saturated carbocycles. The first-order chi connectivity index (χ1) is 36.5. The summed E-state index contributed by atoms with van der Waals surface area (Å²) in [5.41, 5.74) is 0. The highest BCUT2D eigenvalue weighted by molar-refractivity contribution is 5.76. The topological polar surface area (TPSA) is 95.9 Å². The van der Waals surface area contributed by atoms with E-state index >= 15 is 0 Å². The van der Waals surface area contributed by atoms with Crippen LogP contribution in [-0.2, 0) is 14.3 Å². The molecule has 2 atom stereocenters. The molecule has 2 unspecified atom stereocenters. The van der Waals surface area contributed by atoms with Crippen molar-refractivity contribution >= 4 is 11.9 Å². The lowest BCUT2D eigenvalue weighted by Gasteiger charge is -2.22. The Bertz CT molecular complexity index is 1110. The molecule has 0 aromatic rings. The molecule has 0 rings (SSSR count). The normalized spacial score (nSPS) is 12.5. The van der Waals surface area contributed by atoms with E-state index < -0.39 is 12.1 Å². The van der Waals surface area contributed by atoms with Gasteiger partial charge in [-0.1, -0.05) is 334 Å². The number of carbonyl (C=O) groups excluding carboxylic acids is 2. The van der Waals surface area contributed by atoms with Gasteiger partial charge in [0.2, 0.25) is 5.91 Å². The van der Waals surface area contributed by atoms with Crippen LogP contribution >= 0.6 is 0 Å². The minimum absolute atomic E-state index is 0.00583. The Morgan fingerprint density at radius 1 is 0.365 bits per heavy atom. The third-order valence-corrected chi connectivity index (χ3v) is 16.1. The Morgan fingerprint density at radius 2 is 0.635 bits per heavy atom. The Morgan fingerprint density at radius 3 is 0.959 bits per heavy atom. The van der Waals surface area contributed by atoms with E-state index in [-0.39, 0.29) is 18.5 Å². The van der Waals surface area contributed by atoms with E-state index in [1.165, 1.54) is 308 Å². The molecule has 0 aromatic carbocycles. The number of rotatable bonds is 64. The van der Waals surface area contributed by atoms with Crippen molar-refractivity contribution in [1.29, 1.82) is 0 Å². The average Bonchev–Trinajstić information content (AvgIpc) is 3.40. The molecule has 3 N–H and O–H groups in total. The minimum atomic E-state index is -0.665. The van der Waals surface area contributed by atoms with Crippen LogP contribution in [0.4, 0.5) is 0 Å². The smallest absolute Gasteiger partial charge is 0.305 e. The molecular weight excluding hydrogens is 911 g/mol. The molecule has 0 saturated heterocycles. The molecule has 0 aliphatic heterocycles. The van der Waals surface area contributed by atoms with E-state index in [9.17, 15) is 19.8 Å². The van der Waals surface area contributed by atoms with E-state index in [1.807, 2.05) is 0 Å². The molecule has 0 bridgehead atoms. The highest BCUT2D eigenvalue weighted by atomic mass is 16.5. The van der Waals surface area contributed by atoms with Gasteiger partial charge in [-0.2, -0.15) is 0 Å². The fraction of sp³-hybridized carbons (Fsp3) is 0.941. The largest absolute Gasteiger partial charge is 0.466 e. The van der Waals surface area contributed by atoms with Gasteiger partial charge in [-0.25, -0.2) is 0 Å². The first-order valence-corrected chi connectivity index (χ1v) is 33.9. The predicted molar refractivity (Wildman–Crippen MR) is 324 cm³/mol. The van der Waals surface area contributed by atoms with Gasteiger partial charge in [0.1, 0.15) is 0 Å². The van der Waals surface area contributed by atoms with Crippen LogP contribution in [0, 0.1) is 0 Å². The van der Waals surface area contributed by atoms with Gasteiger partial charge in [0.25, 0.3) is 0 Å². The maximum absolute atomic E-state index is 12.5. The average molecular weight is 1040 g/mol. The molecule has 0 aliphatic rings. The number of nitrogens with one attached hydrogen (secondary N) is 1. The summed E-state index contributed by atoms with van der Waals surface area (Å²) in [6.07, 6.45) is 78.1. The number of aliphatic hydroxyl groups excluding tert-OH is 2. The summed E-state index contributed by atoms with van der Waals surface area (Å²) in [6, 6.07) is -0.543. The molecular formula is C68H133NO5. The predicted octanol–water partition coefficient (Wildman–Crippen LogP) is 21.6. The zero-order valence-corrected chi connectivity index (χ0v) is 50.4. The Kier molecular flexibility index (Phi) is 62.9. The second-order valence-electron chi connectivity index (χ2n) is 23.5. The molecule has 0 spiro atoms. The molecule has 0 fully saturated rings. The quantitative estimate of drug-likeness (QED) is 0.0320. The number of ether oxygens (including phenoxy) is 1. The zero-order valence-electron chi connectivity index (χ0n) is 50.4. The van der Waals surface area contributed by atoms with Crippen molar-refractivity contribution in [2.45, 2.75) is 398 Å². The van der Waals surface area contributed by atoms with Crippen LogP contribution in [0.15, 0.2) is 12.2 Å². The highest BCUT2D eigenvalue weighted by Gasteiger charge is 2.20. The van der Waals surface area contributed by atoms with E-state index in [0.717, 1.165) is 44.9 Å². The van der Waals surface area contributed by atoms with E-state index in [2.05, 4.69) is 31.3 Å². The van der Waals surface area contributed by atoms with Crippen LogP contribution in [0.2, 0.25) is 0 Å². The molecule has 0 aromatic heterocycles. The zero-order chi connectivity index (χ0) is 53.6. The first kappa shape index (κ1) is 72.6. The summed E-state index contributed by atoms with van der Waals surface area (Å²) in [7, 11) is 0. The number of unbranched alkanes of at least 4 members (excludes halogenated alkanes) is 51. The van der Waals surface area contributed by atoms with E-state index in [4.69, 9.17) is 4.74 Å². The van der Waals surface area contributed by atoms with Crippen LogP contribution in [0.25, 0.3) is 0 Å². The van der Waals surface area contributed by atoms with Crippen molar-refractivity contribution in [3.05, 3.63) is 12.2 Å². The lowest BCUT2D eigenvalue weighted by molar-refractivity contribution is -0.143. The lowest BCUT2D eigenvalue weighted by atomic mass is 10.0. The summed E-state index contributed by atoms with van der Waals surface area (Å²) in [5.74, 6) is -0.0258. The molecule has 6 heteroatoms. The van der Waals surface area contributed by atoms with Crippen molar-refractivity contribution in [3.8, 4) is 0 Å². The number of aliphatic hydroxyl groups is 2. The maximum atomic E-state index is 12.5. The van der Waals surface area contributed by atoms with E-state index in [0.29, 0.717) is 25.9 Å². The van der Waals surface area contributed by atoms with Crippen molar-refractivity contribution < 1.29 is 24.5 Å². The fourth-order valence-electron chi connectivity index (χ4n) is 10.9. The fourth-order valence-corrected chi connectivity index (χ4v) is 10.9. The van der Waals surface area contributed by atoms with Gasteiger partial charge in [-0.05, 0) is 51.4 Å². The van der Waals surface area contributed by atoms with Crippen molar-refractivity contribution in [2.24, 2.45) is 0 Å². The van der Waals surface area contributed by atoms with Gasteiger partial charge in [0.05, 0.1) is 25.4 Å². The van der Waals surface area contributed by atoms with Crippen molar-refractivity contribution in [1.82, 2.24) is 5.32 Å².